The Morgan fingerprint density at radius 2 is 1.76 bits per heavy atom. The normalized spacial score (nSPS) is 9.57. The van der Waals surface area contributed by atoms with Gasteiger partial charge in [0, 0.05) is 11.6 Å². The summed E-state index contributed by atoms with van der Waals surface area (Å²) in [6.07, 6.45) is 0. The highest BCUT2D eigenvalue weighted by atomic mass is 19.1. The van der Waals surface area contributed by atoms with Crippen LogP contribution < -0.4 is 4.74 Å². The van der Waals surface area contributed by atoms with E-state index >= 15 is 0 Å². The molecule has 5 heteroatoms. The molecule has 0 heterocycles. The van der Waals surface area contributed by atoms with Crippen molar-refractivity contribution in [1.82, 2.24) is 0 Å². The van der Waals surface area contributed by atoms with E-state index in [2.05, 4.69) is 0 Å². The molecule has 0 aromatic heterocycles. The van der Waals surface area contributed by atoms with E-state index < -0.39 is 17.6 Å². The maximum Gasteiger partial charge on any atom is 0.339 e. The van der Waals surface area contributed by atoms with E-state index in [1.54, 1.807) is 0 Å². The smallest absolute Gasteiger partial charge is 0.339 e. The molecule has 0 bridgehead atoms. The molecule has 0 saturated carbocycles. The molecule has 0 spiro atoms. The van der Waals surface area contributed by atoms with Crippen molar-refractivity contribution >= 4 is 5.97 Å². The maximum atomic E-state index is 13.6. The Hall–Kier alpha value is -2.43. The van der Waals surface area contributed by atoms with Gasteiger partial charge in [-0.1, -0.05) is 19.9 Å². The Morgan fingerprint density at radius 3 is 2.29 bits per heavy atom. The van der Waals surface area contributed by atoms with E-state index in [-0.39, 0.29) is 16.9 Å². The average molecular weight is 294 g/mol. The number of benzene rings is 2. The summed E-state index contributed by atoms with van der Waals surface area (Å²) in [6, 6.07) is 7.36. The van der Waals surface area contributed by atoms with Crippen LogP contribution in [-0.4, -0.2) is 18.2 Å². The van der Waals surface area contributed by atoms with Crippen molar-refractivity contribution in [2.45, 2.75) is 13.8 Å². The number of aromatic carboxylic acids is 1. The number of rotatable bonds is 3. The molecule has 0 aliphatic carbocycles. The van der Waals surface area contributed by atoms with E-state index in [0.29, 0.717) is 5.56 Å². The number of carboxylic acid groups (broad SMARTS) is 1. The highest BCUT2D eigenvalue weighted by molar-refractivity contribution is 5.92. The molecule has 0 unspecified atom stereocenters. The van der Waals surface area contributed by atoms with Crippen molar-refractivity contribution in [2.24, 2.45) is 0 Å². The van der Waals surface area contributed by atoms with Crippen LogP contribution in [0.3, 0.4) is 0 Å². The first kappa shape index (κ1) is 16.6. The molecule has 2 rings (SSSR count). The second-order valence-electron chi connectivity index (χ2n) is 3.84. The van der Waals surface area contributed by atoms with Gasteiger partial charge in [-0.15, -0.1) is 0 Å². The summed E-state index contributed by atoms with van der Waals surface area (Å²) in [4.78, 5) is 11.1. The summed E-state index contributed by atoms with van der Waals surface area (Å²) < 4.78 is 31.4. The molecule has 112 valence electrons. The van der Waals surface area contributed by atoms with Crippen LogP contribution in [0.1, 0.15) is 24.2 Å². The number of methoxy groups -OCH3 is 1. The number of carbonyl (C=O) groups is 1. The number of carboxylic acids is 1. The van der Waals surface area contributed by atoms with E-state index in [1.165, 1.54) is 31.4 Å². The summed E-state index contributed by atoms with van der Waals surface area (Å²) in [5.41, 5.74) is 0.394. The van der Waals surface area contributed by atoms with Crippen LogP contribution in [0.5, 0.6) is 5.75 Å². The molecule has 2 aromatic carbocycles. The molecule has 1 N–H and O–H groups in total. The molecule has 0 radical (unpaired) electrons. The topological polar surface area (TPSA) is 46.5 Å². The zero-order chi connectivity index (χ0) is 16.0. The SMILES string of the molecule is CC.COc1ccc(-c2ccc(F)cc2F)cc1C(=O)O. The standard InChI is InChI=1S/C14H10F2O3.C2H6/c1-19-13-5-2-8(6-11(13)14(17)18)10-4-3-9(15)7-12(10)16;1-2/h2-7H,1H3,(H,17,18);1-2H3. The molecule has 0 saturated heterocycles. The molecule has 0 aliphatic rings. The fourth-order valence-electron chi connectivity index (χ4n) is 1.77. The van der Waals surface area contributed by atoms with Crippen molar-refractivity contribution in [2.75, 3.05) is 7.11 Å². The Balaban J connectivity index is 0.00000106. The highest BCUT2D eigenvalue weighted by Gasteiger charge is 2.14. The van der Waals surface area contributed by atoms with Gasteiger partial charge in [0.15, 0.2) is 0 Å². The van der Waals surface area contributed by atoms with E-state index in [4.69, 9.17) is 9.84 Å². The number of ether oxygens (including phenoxy) is 1. The van der Waals surface area contributed by atoms with Gasteiger partial charge in [0.1, 0.15) is 22.9 Å². The third-order valence-corrected chi connectivity index (χ3v) is 2.67. The number of halogens is 2. The molecule has 0 amide bonds. The van der Waals surface area contributed by atoms with Crippen LogP contribution in [-0.2, 0) is 0 Å². The quantitative estimate of drug-likeness (QED) is 0.914. The van der Waals surface area contributed by atoms with Crippen LogP contribution >= 0.6 is 0 Å². The van der Waals surface area contributed by atoms with Crippen molar-refractivity contribution in [3.05, 3.63) is 53.6 Å². The fourth-order valence-corrected chi connectivity index (χ4v) is 1.77. The summed E-state index contributed by atoms with van der Waals surface area (Å²) in [6.45, 7) is 4.00. The molecule has 0 aliphatic heterocycles. The van der Waals surface area contributed by atoms with E-state index in [1.807, 2.05) is 13.8 Å². The van der Waals surface area contributed by atoms with Gasteiger partial charge in [0.05, 0.1) is 7.11 Å². The molecule has 3 nitrogen and oxygen atoms in total. The second-order valence-corrected chi connectivity index (χ2v) is 3.84. The maximum absolute atomic E-state index is 13.6. The fraction of sp³-hybridized carbons (Fsp3) is 0.188. The molecular formula is C16H16F2O3. The minimum Gasteiger partial charge on any atom is -0.496 e. The predicted molar refractivity (Wildman–Crippen MR) is 76.7 cm³/mol. The third-order valence-electron chi connectivity index (χ3n) is 2.67. The second kappa shape index (κ2) is 7.38. The molecular weight excluding hydrogens is 278 g/mol. The van der Waals surface area contributed by atoms with Crippen LogP contribution in [0.25, 0.3) is 11.1 Å². The van der Waals surface area contributed by atoms with Crippen molar-refractivity contribution < 1.29 is 23.4 Å². The molecule has 0 fully saturated rings. The summed E-state index contributed by atoms with van der Waals surface area (Å²) in [5, 5.41) is 9.05. The van der Waals surface area contributed by atoms with Gasteiger partial charge in [0.2, 0.25) is 0 Å². The van der Waals surface area contributed by atoms with Gasteiger partial charge in [0.25, 0.3) is 0 Å². The first-order valence-corrected chi connectivity index (χ1v) is 6.39. The molecule has 21 heavy (non-hydrogen) atoms. The zero-order valence-electron chi connectivity index (χ0n) is 12.0. The minimum atomic E-state index is -1.18. The van der Waals surface area contributed by atoms with Gasteiger partial charge in [-0.25, -0.2) is 13.6 Å². The summed E-state index contributed by atoms with van der Waals surface area (Å²) >= 11 is 0. The average Bonchev–Trinajstić information content (AvgIpc) is 2.48. The highest BCUT2D eigenvalue weighted by Crippen LogP contribution is 2.28. The Kier molecular flexibility index (Phi) is 5.84. The van der Waals surface area contributed by atoms with Crippen LogP contribution in [0.2, 0.25) is 0 Å². The lowest BCUT2D eigenvalue weighted by Crippen LogP contribution is -2.01. The summed E-state index contributed by atoms with van der Waals surface area (Å²) in [7, 11) is 1.35. The first-order valence-electron chi connectivity index (χ1n) is 6.39. The van der Waals surface area contributed by atoms with Gasteiger partial charge < -0.3 is 9.84 Å². The first-order chi connectivity index (χ1) is 10.0. The predicted octanol–water partition coefficient (Wildman–Crippen LogP) is 4.36. The van der Waals surface area contributed by atoms with E-state index in [0.717, 1.165) is 12.1 Å². The third kappa shape index (κ3) is 3.78. The van der Waals surface area contributed by atoms with Gasteiger partial charge in [-0.3, -0.25) is 0 Å². The number of hydrogen-bond acceptors (Lipinski definition) is 2. The van der Waals surface area contributed by atoms with Crippen LogP contribution in [0, 0.1) is 11.6 Å². The van der Waals surface area contributed by atoms with E-state index in [9.17, 15) is 13.6 Å². The zero-order valence-corrected chi connectivity index (χ0v) is 12.0. The minimum absolute atomic E-state index is 0.0799. The lowest BCUT2D eigenvalue weighted by molar-refractivity contribution is 0.0693. The van der Waals surface area contributed by atoms with Crippen molar-refractivity contribution in [3.63, 3.8) is 0 Å². The van der Waals surface area contributed by atoms with Crippen LogP contribution in [0.15, 0.2) is 36.4 Å². The molecule has 2 aromatic rings. The lowest BCUT2D eigenvalue weighted by atomic mass is 10.0. The monoisotopic (exact) mass is 294 g/mol. The van der Waals surface area contributed by atoms with Gasteiger partial charge in [-0.05, 0) is 29.8 Å². The van der Waals surface area contributed by atoms with Gasteiger partial charge >= 0.3 is 5.97 Å². The van der Waals surface area contributed by atoms with Crippen molar-refractivity contribution in [3.8, 4) is 16.9 Å². The van der Waals surface area contributed by atoms with Crippen LogP contribution in [0.4, 0.5) is 8.78 Å². The Morgan fingerprint density at radius 1 is 1.10 bits per heavy atom. The molecule has 0 atom stereocenters. The lowest BCUT2D eigenvalue weighted by Gasteiger charge is -2.08. The number of hydrogen-bond donors (Lipinski definition) is 1. The Labute approximate surface area is 121 Å². The van der Waals surface area contributed by atoms with Gasteiger partial charge in [-0.2, -0.15) is 0 Å². The largest absolute Gasteiger partial charge is 0.496 e. The summed E-state index contributed by atoms with van der Waals surface area (Å²) in [5.74, 6) is -2.44. The van der Waals surface area contributed by atoms with Crippen molar-refractivity contribution in [1.29, 1.82) is 0 Å². The Bertz CT molecular complexity index is 639.